The number of fused-ring (bicyclic) bond motifs is 5. The largest absolute Gasteiger partial charge is 0.341 e. The van der Waals surface area contributed by atoms with Gasteiger partial charge in [-0.05, 0) is 55.0 Å². The van der Waals surface area contributed by atoms with Gasteiger partial charge in [0.1, 0.15) is 11.6 Å². The summed E-state index contributed by atoms with van der Waals surface area (Å²) in [4.78, 5) is 16.6. The van der Waals surface area contributed by atoms with Crippen LogP contribution in [0.1, 0.15) is 43.9 Å². The van der Waals surface area contributed by atoms with Crippen molar-refractivity contribution in [3.63, 3.8) is 0 Å². The van der Waals surface area contributed by atoms with E-state index >= 15 is 0 Å². The van der Waals surface area contributed by atoms with E-state index in [1.54, 1.807) is 7.05 Å². The Morgan fingerprint density at radius 2 is 1.91 bits per heavy atom. The smallest absolute Gasteiger partial charge is 0.317 e. The molecule has 3 aliphatic rings. The van der Waals surface area contributed by atoms with E-state index in [2.05, 4.69) is 41.3 Å². The van der Waals surface area contributed by atoms with Gasteiger partial charge in [0.15, 0.2) is 0 Å². The molecule has 2 amide bonds. The minimum absolute atomic E-state index is 0.0680. The van der Waals surface area contributed by atoms with E-state index in [9.17, 15) is 13.6 Å². The third-order valence-electron chi connectivity index (χ3n) is 8.41. The number of halogens is 2. The minimum Gasteiger partial charge on any atom is -0.341 e. The summed E-state index contributed by atoms with van der Waals surface area (Å²) in [5.41, 5.74) is 1.67. The van der Waals surface area contributed by atoms with Crippen molar-refractivity contribution < 1.29 is 13.6 Å². The van der Waals surface area contributed by atoms with Gasteiger partial charge in [0.2, 0.25) is 0 Å². The summed E-state index contributed by atoms with van der Waals surface area (Å²) >= 11 is 0. The maximum atomic E-state index is 14.4. The zero-order valence-electron chi connectivity index (χ0n) is 19.0. The molecular weight excluding hydrogens is 412 g/mol. The van der Waals surface area contributed by atoms with E-state index in [1.165, 1.54) is 18.2 Å². The highest BCUT2D eigenvalue weighted by atomic mass is 19.1. The molecule has 1 aliphatic heterocycles. The summed E-state index contributed by atoms with van der Waals surface area (Å²) in [6.07, 6.45) is 1.94. The highest BCUT2D eigenvalue weighted by molar-refractivity contribution is 5.74. The lowest BCUT2D eigenvalue weighted by Crippen LogP contribution is -2.64. The Morgan fingerprint density at radius 1 is 1.19 bits per heavy atom. The number of hydrogen-bond donors (Lipinski definition) is 1. The van der Waals surface area contributed by atoms with E-state index < -0.39 is 11.6 Å². The first-order valence-electron chi connectivity index (χ1n) is 11.2. The third kappa shape index (κ3) is 2.68. The van der Waals surface area contributed by atoms with Gasteiger partial charge in [0.05, 0.1) is 17.0 Å². The number of benzene rings is 1. The maximum Gasteiger partial charge on any atom is 0.317 e. The molecule has 3 unspecified atom stereocenters. The average molecular weight is 442 g/mol. The standard InChI is InChI=1S/C24H29F2N5O/c1-23(2)15-8-9-24(23,19-13-31(22(32)27-3)11-10-30(19)4)21-14(15)12-18(28-29-21)20-16(25)6-5-7-17(20)26/h5-7,12,15,19H,8-11,13H2,1-4H3,(H,27,32). The van der Waals surface area contributed by atoms with Crippen LogP contribution < -0.4 is 5.32 Å². The molecule has 0 radical (unpaired) electrons. The quantitative estimate of drug-likeness (QED) is 0.775. The second-order valence-corrected chi connectivity index (χ2v) is 9.91. The number of aromatic nitrogens is 2. The van der Waals surface area contributed by atoms with E-state index in [0.29, 0.717) is 13.1 Å². The van der Waals surface area contributed by atoms with Gasteiger partial charge in [-0.3, -0.25) is 4.90 Å². The summed E-state index contributed by atoms with van der Waals surface area (Å²) < 4.78 is 28.9. The Morgan fingerprint density at radius 3 is 2.59 bits per heavy atom. The fourth-order valence-corrected chi connectivity index (χ4v) is 6.72. The molecule has 6 nitrogen and oxygen atoms in total. The van der Waals surface area contributed by atoms with Gasteiger partial charge >= 0.3 is 6.03 Å². The highest BCUT2D eigenvalue weighted by Gasteiger charge is 2.67. The topological polar surface area (TPSA) is 61.4 Å². The average Bonchev–Trinajstić information content (AvgIpc) is 3.14. The first kappa shape index (κ1) is 21.2. The lowest BCUT2D eigenvalue weighted by atomic mass is 9.63. The summed E-state index contributed by atoms with van der Waals surface area (Å²) in [5.74, 6) is -1.04. The van der Waals surface area contributed by atoms with E-state index in [0.717, 1.165) is 30.6 Å². The minimum atomic E-state index is -0.635. The lowest BCUT2D eigenvalue weighted by Gasteiger charge is -2.51. The second kappa shape index (κ2) is 7.20. The molecule has 2 aromatic rings. The number of carbonyl (C=O) groups excluding carboxylic acids is 1. The Labute approximate surface area is 187 Å². The number of urea groups is 1. The predicted molar refractivity (Wildman–Crippen MR) is 117 cm³/mol. The van der Waals surface area contributed by atoms with Crippen LogP contribution in [-0.2, 0) is 5.41 Å². The Bertz CT molecular complexity index is 1070. The van der Waals surface area contributed by atoms with Crippen LogP contribution in [0.5, 0.6) is 0 Å². The number of likely N-dealkylation sites (N-methyl/N-ethyl adjacent to an activating group) is 1. The normalized spacial score (nSPS) is 28.6. The first-order chi connectivity index (χ1) is 15.2. The van der Waals surface area contributed by atoms with Crippen LogP contribution in [0.2, 0.25) is 0 Å². The zero-order valence-corrected chi connectivity index (χ0v) is 19.0. The fraction of sp³-hybridized carbons (Fsp3) is 0.542. The maximum absolute atomic E-state index is 14.4. The van der Waals surface area contributed by atoms with Gasteiger partial charge in [0.25, 0.3) is 0 Å². The lowest BCUT2D eigenvalue weighted by molar-refractivity contribution is 0.0201. The van der Waals surface area contributed by atoms with Crippen LogP contribution in [0.25, 0.3) is 11.3 Å². The van der Waals surface area contributed by atoms with E-state index in [4.69, 9.17) is 0 Å². The van der Waals surface area contributed by atoms with Gasteiger partial charge in [-0.1, -0.05) is 19.9 Å². The molecule has 170 valence electrons. The van der Waals surface area contributed by atoms with Crippen molar-refractivity contribution in [2.45, 2.75) is 44.1 Å². The molecule has 0 spiro atoms. The van der Waals surface area contributed by atoms with Crippen LogP contribution in [0.3, 0.4) is 0 Å². The van der Waals surface area contributed by atoms with E-state index in [1.807, 2.05) is 11.0 Å². The van der Waals surface area contributed by atoms with Crippen molar-refractivity contribution in [3.8, 4) is 11.3 Å². The number of amides is 2. The molecule has 1 saturated heterocycles. The molecule has 2 fully saturated rings. The molecule has 3 atom stereocenters. The van der Waals surface area contributed by atoms with Gasteiger partial charge < -0.3 is 10.2 Å². The van der Waals surface area contributed by atoms with Crippen LogP contribution in [0, 0.1) is 17.0 Å². The van der Waals surface area contributed by atoms with E-state index in [-0.39, 0.29) is 40.1 Å². The third-order valence-corrected chi connectivity index (χ3v) is 8.41. The molecule has 1 N–H and O–H groups in total. The summed E-state index contributed by atoms with van der Waals surface area (Å²) in [7, 11) is 3.77. The molecule has 1 aromatic heterocycles. The van der Waals surface area contributed by atoms with Crippen molar-refractivity contribution in [2.24, 2.45) is 5.41 Å². The molecule has 5 rings (SSSR count). The number of carbonyl (C=O) groups is 1. The highest BCUT2D eigenvalue weighted by Crippen LogP contribution is 2.69. The fourth-order valence-electron chi connectivity index (χ4n) is 6.72. The molecule has 2 aliphatic carbocycles. The van der Waals surface area contributed by atoms with Crippen LogP contribution in [0.15, 0.2) is 24.3 Å². The Balaban J connectivity index is 1.62. The summed E-state index contributed by atoms with van der Waals surface area (Å²) in [6, 6.07) is 5.70. The van der Waals surface area contributed by atoms with Crippen molar-refractivity contribution in [2.75, 3.05) is 33.7 Å². The number of piperazine rings is 1. The van der Waals surface area contributed by atoms with Gasteiger partial charge in [-0.2, -0.15) is 10.2 Å². The van der Waals surface area contributed by atoms with Crippen molar-refractivity contribution in [1.82, 2.24) is 25.3 Å². The second-order valence-electron chi connectivity index (χ2n) is 9.91. The zero-order chi connectivity index (χ0) is 22.8. The summed E-state index contributed by atoms with van der Waals surface area (Å²) in [5, 5.41) is 11.7. The molecular formula is C24H29F2N5O. The molecule has 1 aromatic carbocycles. The number of nitrogens with zero attached hydrogens (tertiary/aromatic N) is 4. The molecule has 8 heteroatoms. The first-order valence-corrected chi connectivity index (χ1v) is 11.2. The summed E-state index contributed by atoms with van der Waals surface area (Å²) in [6.45, 7) is 6.60. The SMILES string of the molecule is CNC(=O)N1CCN(C)C(C23CCC(c4cc(-c5c(F)cccc5F)nnc42)C3(C)C)C1. The number of rotatable bonds is 2. The Hall–Kier alpha value is -2.61. The van der Waals surface area contributed by atoms with Crippen LogP contribution in [-0.4, -0.2) is 65.8 Å². The van der Waals surface area contributed by atoms with Gasteiger partial charge in [-0.15, -0.1) is 0 Å². The Kier molecular flexibility index (Phi) is 4.78. The molecule has 1 saturated carbocycles. The van der Waals surface area contributed by atoms with Crippen LogP contribution in [0.4, 0.5) is 13.6 Å². The molecule has 2 heterocycles. The number of hydrogen-bond acceptors (Lipinski definition) is 4. The van der Waals surface area contributed by atoms with Gasteiger partial charge in [0, 0.05) is 38.1 Å². The van der Waals surface area contributed by atoms with Crippen molar-refractivity contribution >= 4 is 6.03 Å². The predicted octanol–water partition coefficient (Wildman–Crippen LogP) is 3.53. The van der Waals surface area contributed by atoms with Gasteiger partial charge in [-0.25, -0.2) is 13.6 Å². The molecule has 2 bridgehead atoms. The monoisotopic (exact) mass is 441 g/mol. The van der Waals surface area contributed by atoms with Crippen molar-refractivity contribution in [3.05, 3.63) is 47.2 Å². The number of nitrogens with one attached hydrogen (secondary N) is 1. The van der Waals surface area contributed by atoms with Crippen molar-refractivity contribution in [1.29, 1.82) is 0 Å². The van der Waals surface area contributed by atoms with Crippen LogP contribution >= 0.6 is 0 Å². The molecule has 32 heavy (non-hydrogen) atoms.